The van der Waals surface area contributed by atoms with E-state index in [0.29, 0.717) is 6.04 Å². The normalized spacial score (nSPS) is 28.8. The minimum absolute atomic E-state index is 0.0555. The van der Waals surface area contributed by atoms with Gasteiger partial charge in [0.25, 0.3) is 0 Å². The third-order valence-corrected chi connectivity index (χ3v) is 3.24. The van der Waals surface area contributed by atoms with E-state index in [-0.39, 0.29) is 11.9 Å². The molecule has 0 aromatic heterocycles. The van der Waals surface area contributed by atoms with E-state index in [4.69, 9.17) is 4.74 Å². The van der Waals surface area contributed by atoms with Gasteiger partial charge in [0.2, 0.25) is 0 Å². The molecule has 3 nitrogen and oxygen atoms in total. The van der Waals surface area contributed by atoms with Crippen molar-refractivity contribution in [3.63, 3.8) is 0 Å². The van der Waals surface area contributed by atoms with Crippen molar-refractivity contribution in [2.75, 3.05) is 25.2 Å². The van der Waals surface area contributed by atoms with E-state index >= 15 is 0 Å². The van der Waals surface area contributed by atoms with E-state index in [1.54, 1.807) is 0 Å². The summed E-state index contributed by atoms with van der Waals surface area (Å²) in [6.07, 6.45) is 0. The number of nitrogens with one attached hydrogen (secondary N) is 1. The van der Waals surface area contributed by atoms with Crippen molar-refractivity contribution in [3.8, 4) is 0 Å². The van der Waals surface area contributed by atoms with Gasteiger partial charge in [-0.3, -0.25) is 4.79 Å². The Labute approximate surface area is 77.2 Å². The van der Waals surface area contributed by atoms with Gasteiger partial charge >= 0.3 is 5.97 Å². The predicted molar refractivity (Wildman–Crippen MR) is 50.3 cm³/mol. The zero-order chi connectivity index (χ0) is 8.97. The maximum atomic E-state index is 11.2. The lowest BCUT2D eigenvalue weighted by molar-refractivity contribution is -0.145. The molecule has 1 aliphatic rings. The van der Waals surface area contributed by atoms with Crippen molar-refractivity contribution >= 4 is 17.7 Å². The van der Waals surface area contributed by atoms with Crippen molar-refractivity contribution in [3.05, 3.63) is 0 Å². The number of hydrogen-bond donors (Lipinski definition) is 1. The van der Waals surface area contributed by atoms with Crippen molar-refractivity contribution in [2.24, 2.45) is 5.92 Å². The molecule has 0 saturated carbocycles. The molecule has 0 aromatic rings. The van der Waals surface area contributed by atoms with E-state index < -0.39 is 0 Å². The van der Waals surface area contributed by atoms with E-state index in [1.807, 2.05) is 11.8 Å². The molecule has 0 aliphatic carbocycles. The Morgan fingerprint density at radius 3 is 3.00 bits per heavy atom. The summed E-state index contributed by atoms with van der Waals surface area (Å²) in [6.45, 7) is 2.97. The Hall–Kier alpha value is -0.220. The fraction of sp³-hybridized carbons (Fsp3) is 0.875. The van der Waals surface area contributed by atoms with Crippen molar-refractivity contribution < 1.29 is 9.53 Å². The van der Waals surface area contributed by atoms with Crippen molar-refractivity contribution in [1.29, 1.82) is 0 Å². The topological polar surface area (TPSA) is 38.3 Å². The van der Waals surface area contributed by atoms with Crippen LogP contribution in [0.15, 0.2) is 0 Å². The van der Waals surface area contributed by atoms with Crippen LogP contribution in [0.4, 0.5) is 0 Å². The van der Waals surface area contributed by atoms with Gasteiger partial charge in [0, 0.05) is 17.5 Å². The van der Waals surface area contributed by atoms with Gasteiger partial charge in [-0.1, -0.05) is 6.92 Å². The minimum atomic E-state index is -0.0778. The molecule has 70 valence electrons. The summed E-state index contributed by atoms with van der Waals surface area (Å²) in [6, 6.07) is 0.312. The summed E-state index contributed by atoms with van der Waals surface area (Å²) >= 11 is 1.81. The van der Waals surface area contributed by atoms with E-state index in [9.17, 15) is 4.79 Å². The molecule has 12 heavy (non-hydrogen) atoms. The minimum Gasteiger partial charge on any atom is -0.469 e. The molecule has 0 aromatic carbocycles. The van der Waals surface area contributed by atoms with Crippen LogP contribution in [0.3, 0.4) is 0 Å². The molecule has 1 heterocycles. The van der Waals surface area contributed by atoms with Crippen molar-refractivity contribution in [1.82, 2.24) is 5.32 Å². The fourth-order valence-electron chi connectivity index (χ4n) is 1.40. The van der Waals surface area contributed by atoms with Gasteiger partial charge < -0.3 is 10.1 Å². The van der Waals surface area contributed by atoms with Crippen LogP contribution >= 0.6 is 11.8 Å². The molecule has 1 aliphatic heterocycles. The maximum Gasteiger partial charge on any atom is 0.311 e. The fourth-order valence-corrected chi connectivity index (χ4v) is 2.76. The van der Waals surface area contributed by atoms with Gasteiger partial charge in [0.1, 0.15) is 0 Å². The summed E-state index contributed by atoms with van der Waals surface area (Å²) in [5.41, 5.74) is 0. The molecule has 0 spiro atoms. The second-order valence-electron chi connectivity index (χ2n) is 2.83. The van der Waals surface area contributed by atoms with Gasteiger partial charge in [-0.2, -0.15) is 11.8 Å². The number of carbonyl (C=O) groups excluding carboxylic acids is 1. The zero-order valence-electron chi connectivity index (χ0n) is 7.50. The van der Waals surface area contributed by atoms with Gasteiger partial charge in [-0.25, -0.2) is 0 Å². The summed E-state index contributed by atoms with van der Waals surface area (Å²) < 4.78 is 4.72. The first-order valence-corrected chi connectivity index (χ1v) is 5.34. The van der Waals surface area contributed by atoms with Gasteiger partial charge in [-0.15, -0.1) is 0 Å². The smallest absolute Gasteiger partial charge is 0.311 e. The predicted octanol–water partition coefficient (Wildman–Crippen LogP) is 0.500. The van der Waals surface area contributed by atoms with Gasteiger partial charge in [0.15, 0.2) is 0 Å². The highest BCUT2D eigenvalue weighted by molar-refractivity contribution is 7.99. The lowest BCUT2D eigenvalue weighted by Crippen LogP contribution is -2.39. The first-order valence-electron chi connectivity index (χ1n) is 4.18. The lowest BCUT2D eigenvalue weighted by atomic mass is 10.0. The molecule has 1 saturated heterocycles. The van der Waals surface area contributed by atoms with Gasteiger partial charge in [0.05, 0.1) is 13.0 Å². The standard InChI is InChI=1S/C8H15NO2S/c1-3-9-7-5-12-4-6(7)8(10)11-2/h6-7,9H,3-5H2,1-2H3. The SMILES string of the molecule is CCNC1CSCC1C(=O)OC. The number of carbonyl (C=O) groups is 1. The molecular weight excluding hydrogens is 174 g/mol. The number of esters is 1. The highest BCUT2D eigenvalue weighted by Gasteiger charge is 2.33. The Balaban J connectivity index is 2.45. The van der Waals surface area contributed by atoms with Gasteiger partial charge in [-0.05, 0) is 6.54 Å². The molecule has 2 atom stereocenters. The third kappa shape index (κ3) is 2.14. The van der Waals surface area contributed by atoms with Crippen LogP contribution < -0.4 is 5.32 Å². The molecule has 2 unspecified atom stereocenters. The van der Waals surface area contributed by atoms with E-state index in [0.717, 1.165) is 18.1 Å². The third-order valence-electron chi connectivity index (χ3n) is 2.05. The Morgan fingerprint density at radius 1 is 1.67 bits per heavy atom. The van der Waals surface area contributed by atoms with E-state index in [2.05, 4.69) is 12.2 Å². The summed E-state index contributed by atoms with van der Waals surface area (Å²) in [4.78, 5) is 11.2. The number of ether oxygens (including phenoxy) is 1. The lowest BCUT2D eigenvalue weighted by Gasteiger charge is -2.16. The summed E-state index contributed by atoms with van der Waals surface area (Å²) in [5, 5.41) is 3.29. The molecule has 1 rings (SSSR count). The highest BCUT2D eigenvalue weighted by atomic mass is 32.2. The Morgan fingerprint density at radius 2 is 2.42 bits per heavy atom. The zero-order valence-corrected chi connectivity index (χ0v) is 8.32. The van der Waals surface area contributed by atoms with Crippen LogP contribution in [0.1, 0.15) is 6.92 Å². The molecule has 4 heteroatoms. The van der Waals surface area contributed by atoms with Crippen LogP contribution in [0.25, 0.3) is 0 Å². The molecule has 1 N–H and O–H groups in total. The highest BCUT2D eigenvalue weighted by Crippen LogP contribution is 2.24. The molecule has 0 bridgehead atoms. The number of thioether (sulfide) groups is 1. The molecular formula is C8H15NO2S. The van der Waals surface area contributed by atoms with Crippen LogP contribution in [-0.4, -0.2) is 37.2 Å². The quantitative estimate of drug-likeness (QED) is 0.656. The monoisotopic (exact) mass is 189 g/mol. The average Bonchev–Trinajstić information content (AvgIpc) is 2.52. The van der Waals surface area contributed by atoms with Crippen LogP contribution in [-0.2, 0) is 9.53 Å². The molecule has 0 amide bonds. The summed E-state index contributed by atoms with van der Waals surface area (Å²) in [7, 11) is 1.45. The van der Waals surface area contributed by atoms with E-state index in [1.165, 1.54) is 7.11 Å². The van der Waals surface area contributed by atoms with Crippen molar-refractivity contribution in [2.45, 2.75) is 13.0 Å². The largest absolute Gasteiger partial charge is 0.469 e. The molecule has 1 fully saturated rings. The van der Waals surface area contributed by atoms with Crippen LogP contribution in [0.5, 0.6) is 0 Å². The Kier molecular flexibility index (Phi) is 3.88. The Bertz CT molecular complexity index is 163. The second kappa shape index (κ2) is 4.72. The number of hydrogen-bond acceptors (Lipinski definition) is 4. The average molecular weight is 189 g/mol. The number of methoxy groups -OCH3 is 1. The first-order chi connectivity index (χ1) is 5.79. The van der Waals surface area contributed by atoms with Crippen LogP contribution in [0, 0.1) is 5.92 Å². The molecule has 0 radical (unpaired) electrons. The second-order valence-corrected chi connectivity index (χ2v) is 3.91. The maximum absolute atomic E-state index is 11.2. The van der Waals surface area contributed by atoms with Crippen LogP contribution in [0.2, 0.25) is 0 Å². The summed E-state index contributed by atoms with van der Waals surface area (Å²) in [5.74, 6) is 1.89. The first kappa shape index (κ1) is 9.86. The number of rotatable bonds is 3.